The number of rotatable bonds is 13. The first-order valence-corrected chi connectivity index (χ1v) is 15.7. The molecular formula is C32H43F3N2O3S. The third-order valence-corrected chi connectivity index (χ3v) is 9.09. The van der Waals surface area contributed by atoms with Crippen molar-refractivity contribution in [2.24, 2.45) is 0 Å². The van der Waals surface area contributed by atoms with Crippen molar-refractivity contribution in [2.75, 3.05) is 37.7 Å². The lowest BCUT2D eigenvalue weighted by Crippen LogP contribution is -2.45. The minimum Gasteiger partial charge on any atom is -0.460 e. The maximum absolute atomic E-state index is 13.5. The lowest BCUT2D eigenvalue weighted by molar-refractivity contribution is -0.157. The summed E-state index contributed by atoms with van der Waals surface area (Å²) >= 11 is 1.52. The van der Waals surface area contributed by atoms with Crippen LogP contribution in [0.2, 0.25) is 0 Å². The molecule has 1 fully saturated rings. The average molecular weight is 593 g/mol. The molecule has 0 spiro atoms. The zero-order valence-corrected chi connectivity index (χ0v) is 25.3. The van der Waals surface area contributed by atoms with Crippen molar-refractivity contribution in [2.45, 2.75) is 99.8 Å². The van der Waals surface area contributed by atoms with Crippen molar-refractivity contribution in [3.8, 4) is 0 Å². The van der Waals surface area contributed by atoms with E-state index in [9.17, 15) is 18.0 Å². The summed E-state index contributed by atoms with van der Waals surface area (Å²) in [6, 6.07) is 12.0. The van der Waals surface area contributed by atoms with Crippen LogP contribution < -0.4 is 4.90 Å². The van der Waals surface area contributed by atoms with Gasteiger partial charge in [-0.1, -0.05) is 50.1 Å². The van der Waals surface area contributed by atoms with E-state index in [0.717, 1.165) is 80.1 Å². The van der Waals surface area contributed by atoms with E-state index >= 15 is 0 Å². The number of ether oxygens (including phenoxy) is 2. The molecule has 2 aromatic carbocycles. The third kappa shape index (κ3) is 8.88. The van der Waals surface area contributed by atoms with Gasteiger partial charge in [0.25, 0.3) is 0 Å². The number of anilines is 2. The van der Waals surface area contributed by atoms with E-state index in [1.807, 2.05) is 36.1 Å². The predicted molar refractivity (Wildman–Crippen MR) is 158 cm³/mol. The molecule has 2 aliphatic rings. The second-order valence-electron chi connectivity index (χ2n) is 11.5. The summed E-state index contributed by atoms with van der Waals surface area (Å²) in [5, 5.41) is 0. The zero-order valence-electron chi connectivity index (χ0n) is 24.5. The van der Waals surface area contributed by atoms with Crippen molar-refractivity contribution < 1.29 is 27.4 Å². The van der Waals surface area contributed by atoms with E-state index in [2.05, 4.69) is 18.7 Å². The predicted octanol–water partition coefficient (Wildman–Crippen LogP) is 8.47. The number of likely N-dealkylation sites (tertiary alicyclic amines) is 1. The summed E-state index contributed by atoms with van der Waals surface area (Å²) in [6.45, 7) is 9.83. The molecule has 0 saturated carbocycles. The lowest BCUT2D eigenvalue weighted by Gasteiger charge is -2.40. The summed E-state index contributed by atoms with van der Waals surface area (Å²) in [5.74, 6) is -0.149. The minimum absolute atomic E-state index is 0.149. The van der Waals surface area contributed by atoms with Crippen LogP contribution >= 0.6 is 11.8 Å². The van der Waals surface area contributed by atoms with Crippen LogP contribution in [-0.4, -0.2) is 55.4 Å². The Balaban J connectivity index is 1.25. The van der Waals surface area contributed by atoms with E-state index in [1.54, 1.807) is 6.07 Å². The van der Waals surface area contributed by atoms with Gasteiger partial charge in [0.1, 0.15) is 6.10 Å². The number of piperidine rings is 1. The first-order valence-electron chi connectivity index (χ1n) is 14.9. The fraction of sp³-hybridized carbons (Fsp3) is 0.594. The Morgan fingerprint density at radius 2 is 1.73 bits per heavy atom. The van der Waals surface area contributed by atoms with Crippen LogP contribution in [0.4, 0.5) is 24.5 Å². The van der Waals surface area contributed by atoms with E-state index in [0.29, 0.717) is 25.3 Å². The number of hydrogen-bond donors (Lipinski definition) is 0. The van der Waals surface area contributed by atoms with Crippen molar-refractivity contribution >= 4 is 29.1 Å². The van der Waals surface area contributed by atoms with E-state index in [4.69, 9.17) is 9.47 Å². The van der Waals surface area contributed by atoms with Gasteiger partial charge in [0.05, 0.1) is 29.1 Å². The number of esters is 1. The molecule has 0 bridgehead atoms. The molecule has 226 valence electrons. The highest BCUT2D eigenvalue weighted by Gasteiger charge is 2.34. The van der Waals surface area contributed by atoms with Crippen molar-refractivity contribution in [3.05, 3.63) is 48.0 Å². The zero-order chi connectivity index (χ0) is 29.5. The van der Waals surface area contributed by atoms with Crippen molar-refractivity contribution in [3.63, 3.8) is 0 Å². The Morgan fingerprint density at radius 1 is 1.00 bits per heavy atom. The number of nitrogens with zero attached hydrogens (tertiary/aromatic N) is 2. The summed E-state index contributed by atoms with van der Waals surface area (Å²) in [7, 11) is 0. The lowest BCUT2D eigenvalue weighted by atomic mass is 9.93. The molecule has 0 N–H and O–H groups in total. The first kappa shape index (κ1) is 31.7. The normalized spacial score (nSPS) is 17.6. The van der Waals surface area contributed by atoms with Gasteiger partial charge in [-0.2, -0.15) is 13.2 Å². The highest BCUT2D eigenvalue weighted by atomic mass is 32.2. The quantitative estimate of drug-likeness (QED) is 0.172. The number of fused-ring (bicyclic) bond motifs is 2. The fourth-order valence-electron chi connectivity index (χ4n) is 5.42. The Labute approximate surface area is 246 Å². The first-order chi connectivity index (χ1) is 19.6. The molecule has 1 atom stereocenters. The molecule has 0 radical (unpaired) electrons. The second kappa shape index (κ2) is 14.3. The van der Waals surface area contributed by atoms with E-state index < -0.39 is 11.7 Å². The van der Waals surface area contributed by atoms with Gasteiger partial charge in [0.15, 0.2) is 0 Å². The molecular weight excluding hydrogens is 549 g/mol. The third-order valence-electron chi connectivity index (χ3n) is 7.96. The van der Waals surface area contributed by atoms with Gasteiger partial charge in [-0.05, 0) is 76.4 Å². The van der Waals surface area contributed by atoms with Crippen LogP contribution in [0.15, 0.2) is 52.3 Å². The average Bonchev–Trinajstić information content (AvgIpc) is 2.94. The molecule has 0 amide bonds. The van der Waals surface area contributed by atoms with Gasteiger partial charge in [-0.15, -0.1) is 0 Å². The number of carbonyl (C=O) groups excluding carboxylic acids is 1. The number of carbonyl (C=O) groups is 1. The van der Waals surface area contributed by atoms with Crippen molar-refractivity contribution in [1.29, 1.82) is 0 Å². The number of alkyl halides is 3. The number of para-hydroxylation sites is 1. The Morgan fingerprint density at radius 3 is 2.46 bits per heavy atom. The molecule has 5 nitrogen and oxygen atoms in total. The molecule has 1 unspecified atom stereocenters. The monoisotopic (exact) mass is 592 g/mol. The summed E-state index contributed by atoms with van der Waals surface area (Å²) in [5.41, 5.74) is 0.708. The van der Waals surface area contributed by atoms with Crippen LogP contribution in [0.5, 0.6) is 0 Å². The van der Waals surface area contributed by atoms with Gasteiger partial charge in [-0.25, -0.2) is 0 Å². The molecule has 2 aliphatic heterocycles. The maximum Gasteiger partial charge on any atom is 0.416 e. The smallest absolute Gasteiger partial charge is 0.416 e. The molecule has 41 heavy (non-hydrogen) atoms. The Hall–Kier alpha value is -2.23. The molecule has 0 aromatic heterocycles. The Kier molecular flexibility index (Phi) is 11.1. The molecule has 4 rings (SSSR count). The molecule has 9 heteroatoms. The van der Waals surface area contributed by atoms with Crippen LogP contribution in [0.3, 0.4) is 0 Å². The van der Waals surface area contributed by atoms with Gasteiger partial charge in [0.2, 0.25) is 0 Å². The maximum atomic E-state index is 13.5. The van der Waals surface area contributed by atoms with Gasteiger partial charge < -0.3 is 19.3 Å². The molecule has 2 heterocycles. The van der Waals surface area contributed by atoms with Crippen LogP contribution in [0.1, 0.15) is 77.7 Å². The second-order valence-corrected chi connectivity index (χ2v) is 12.6. The van der Waals surface area contributed by atoms with Crippen LogP contribution in [-0.2, 0) is 20.4 Å². The summed E-state index contributed by atoms with van der Waals surface area (Å²) in [4.78, 5) is 18.4. The number of hydrogen-bond acceptors (Lipinski definition) is 6. The topological polar surface area (TPSA) is 42.0 Å². The number of halogens is 3. The molecule has 2 aromatic rings. The standard InChI is InChI=1S/C32H43F3N2O3S/c1-4-5-6-7-13-30(38)40-24(2)23-39-31(3)16-20-36(21-17-31)18-10-19-37-26-11-8-9-12-28(26)41-29-15-14-25(22-27(29)37)32(33,34)35/h8-9,11-12,14-15,22,24H,4-7,10,13,16-21,23H2,1-3H3. The summed E-state index contributed by atoms with van der Waals surface area (Å²) < 4.78 is 52.3. The van der Waals surface area contributed by atoms with Gasteiger partial charge in [-0.3, -0.25) is 4.79 Å². The number of benzene rings is 2. The molecule has 0 aliphatic carbocycles. The van der Waals surface area contributed by atoms with E-state index in [-0.39, 0.29) is 17.7 Å². The SMILES string of the molecule is CCCCCCC(=O)OC(C)COC1(C)CCN(CCCN2c3ccccc3Sc3ccc(C(F)(F)F)cc32)CC1. The van der Waals surface area contributed by atoms with Crippen molar-refractivity contribution in [1.82, 2.24) is 4.90 Å². The Bertz CT molecular complexity index is 1150. The van der Waals surface area contributed by atoms with Gasteiger partial charge in [0, 0.05) is 35.8 Å². The number of unbranched alkanes of at least 4 members (excludes halogenated alkanes) is 3. The highest BCUT2D eigenvalue weighted by molar-refractivity contribution is 7.99. The minimum atomic E-state index is -4.38. The largest absolute Gasteiger partial charge is 0.460 e. The van der Waals surface area contributed by atoms with Crippen LogP contribution in [0, 0.1) is 0 Å². The van der Waals surface area contributed by atoms with Crippen LogP contribution in [0.25, 0.3) is 0 Å². The summed E-state index contributed by atoms with van der Waals surface area (Å²) in [6.07, 6.45) is 2.63. The van der Waals surface area contributed by atoms with Gasteiger partial charge >= 0.3 is 12.1 Å². The van der Waals surface area contributed by atoms with E-state index in [1.165, 1.54) is 23.9 Å². The molecule has 1 saturated heterocycles. The fourth-order valence-corrected chi connectivity index (χ4v) is 6.50. The highest BCUT2D eigenvalue weighted by Crippen LogP contribution is 2.49.